The molecule has 2 N–H and O–H groups in total. The van der Waals surface area contributed by atoms with Gasteiger partial charge < -0.3 is 19.1 Å². The Bertz CT molecular complexity index is 943. The number of benzene rings is 1. The monoisotopic (exact) mass is 389 g/mol. The Hall–Kier alpha value is -2.84. The normalized spacial score (nSPS) is 11.6. The second kappa shape index (κ2) is 8.24. The second-order valence-electron chi connectivity index (χ2n) is 6.26. The quantitative estimate of drug-likeness (QED) is 0.609. The molecule has 0 atom stereocenters. The summed E-state index contributed by atoms with van der Waals surface area (Å²) in [5.41, 5.74) is 0.278. The van der Waals surface area contributed by atoms with Crippen LogP contribution in [0.2, 0.25) is 0 Å². The van der Waals surface area contributed by atoms with Gasteiger partial charge in [-0.25, -0.2) is 8.42 Å². The van der Waals surface area contributed by atoms with Crippen LogP contribution in [0.1, 0.15) is 11.5 Å². The van der Waals surface area contributed by atoms with E-state index in [1.807, 2.05) is 12.1 Å². The fourth-order valence-electron chi connectivity index (χ4n) is 2.82. The lowest BCUT2D eigenvalue weighted by Gasteiger charge is -2.17. The Labute approximate surface area is 157 Å². The molecule has 0 saturated heterocycles. The molecule has 3 aromatic rings. The maximum absolute atomic E-state index is 12.6. The van der Waals surface area contributed by atoms with Crippen LogP contribution in [-0.4, -0.2) is 27.1 Å². The van der Waals surface area contributed by atoms with Crippen LogP contribution in [0.15, 0.2) is 74.8 Å². The van der Waals surface area contributed by atoms with E-state index in [2.05, 4.69) is 5.32 Å². The number of quaternary nitrogens is 1. The predicted octanol–water partition coefficient (Wildman–Crippen LogP) is 1.50. The SMILES string of the molecule is CS(=O)(=O)c1ccccc1NC(=O)C[NH+](Cc1ccco1)Cc1ccco1. The van der Waals surface area contributed by atoms with Crippen molar-refractivity contribution >= 4 is 21.4 Å². The summed E-state index contributed by atoms with van der Waals surface area (Å²) in [5.74, 6) is 1.21. The highest BCUT2D eigenvalue weighted by Gasteiger charge is 2.20. The van der Waals surface area contributed by atoms with Crippen LogP contribution in [0.25, 0.3) is 0 Å². The molecule has 0 radical (unpaired) electrons. The van der Waals surface area contributed by atoms with Crippen molar-refractivity contribution < 1.29 is 26.9 Å². The fraction of sp³-hybridized carbons (Fsp3) is 0.211. The molecule has 0 saturated carbocycles. The number of amides is 1. The van der Waals surface area contributed by atoms with Crippen LogP contribution < -0.4 is 10.2 Å². The third-order valence-corrected chi connectivity index (χ3v) is 5.13. The van der Waals surface area contributed by atoms with Crippen LogP contribution in [0.5, 0.6) is 0 Å². The third kappa shape index (κ3) is 5.32. The van der Waals surface area contributed by atoms with E-state index in [-0.39, 0.29) is 23.0 Å². The zero-order valence-corrected chi connectivity index (χ0v) is 15.7. The molecule has 0 fully saturated rings. The predicted molar refractivity (Wildman–Crippen MR) is 98.8 cm³/mol. The molecule has 0 bridgehead atoms. The van der Waals surface area contributed by atoms with Crippen molar-refractivity contribution in [1.82, 2.24) is 0 Å². The minimum absolute atomic E-state index is 0.0944. The van der Waals surface area contributed by atoms with Gasteiger partial charge in [0, 0.05) is 6.26 Å². The Morgan fingerprint density at radius 1 is 0.963 bits per heavy atom. The van der Waals surface area contributed by atoms with Crippen molar-refractivity contribution in [2.45, 2.75) is 18.0 Å². The number of hydrogen-bond donors (Lipinski definition) is 2. The summed E-state index contributed by atoms with van der Waals surface area (Å²) in [6.07, 6.45) is 4.29. The molecular weight excluding hydrogens is 368 g/mol. The van der Waals surface area contributed by atoms with Crippen LogP contribution in [-0.2, 0) is 27.7 Å². The van der Waals surface area contributed by atoms with Crippen molar-refractivity contribution in [3.63, 3.8) is 0 Å². The number of carbonyl (C=O) groups excluding carboxylic acids is 1. The largest absolute Gasteiger partial charge is 0.463 e. The lowest BCUT2D eigenvalue weighted by Crippen LogP contribution is -3.10. The summed E-state index contributed by atoms with van der Waals surface area (Å²) in [5, 5.41) is 2.71. The molecule has 0 aliphatic carbocycles. The molecule has 27 heavy (non-hydrogen) atoms. The molecule has 1 amide bonds. The minimum atomic E-state index is -3.44. The maximum Gasteiger partial charge on any atom is 0.279 e. The number of nitrogens with one attached hydrogen (secondary N) is 2. The summed E-state index contributed by atoms with van der Waals surface area (Å²) in [4.78, 5) is 13.6. The van der Waals surface area contributed by atoms with E-state index >= 15 is 0 Å². The highest BCUT2D eigenvalue weighted by molar-refractivity contribution is 7.90. The average Bonchev–Trinajstić information content (AvgIpc) is 3.28. The molecule has 8 heteroatoms. The molecule has 1 aromatic carbocycles. The average molecular weight is 389 g/mol. The van der Waals surface area contributed by atoms with E-state index in [0.717, 1.165) is 22.7 Å². The summed E-state index contributed by atoms with van der Waals surface area (Å²) < 4.78 is 34.6. The standard InChI is InChI=1S/C19H20N2O5S/c1-27(23,24)18-9-3-2-8-17(18)20-19(22)14-21(12-15-6-4-10-25-15)13-16-7-5-11-26-16/h2-11H,12-14H2,1H3,(H,20,22)/p+1. The second-order valence-corrected chi connectivity index (χ2v) is 8.24. The summed E-state index contributed by atoms with van der Waals surface area (Å²) >= 11 is 0. The van der Waals surface area contributed by atoms with Crippen molar-refractivity contribution in [2.75, 3.05) is 18.1 Å². The zero-order chi connectivity index (χ0) is 19.3. The first kappa shape index (κ1) is 18.9. The van der Waals surface area contributed by atoms with Gasteiger partial charge in [-0.2, -0.15) is 0 Å². The van der Waals surface area contributed by atoms with E-state index < -0.39 is 9.84 Å². The Morgan fingerprint density at radius 3 is 2.07 bits per heavy atom. The first-order valence-corrected chi connectivity index (χ1v) is 10.3. The molecule has 7 nitrogen and oxygen atoms in total. The highest BCUT2D eigenvalue weighted by atomic mass is 32.2. The molecule has 2 heterocycles. The smallest absolute Gasteiger partial charge is 0.279 e. The van der Waals surface area contributed by atoms with Gasteiger partial charge >= 0.3 is 0 Å². The molecule has 0 spiro atoms. The Kier molecular flexibility index (Phi) is 5.78. The van der Waals surface area contributed by atoms with E-state index in [1.54, 1.807) is 42.9 Å². The van der Waals surface area contributed by atoms with Crippen LogP contribution in [0.4, 0.5) is 5.69 Å². The Balaban J connectivity index is 1.72. The number of anilines is 1. The lowest BCUT2D eigenvalue weighted by atomic mass is 10.3. The number of rotatable bonds is 8. The van der Waals surface area contributed by atoms with Gasteiger partial charge in [0.25, 0.3) is 5.91 Å². The van der Waals surface area contributed by atoms with E-state index in [1.165, 1.54) is 6.07 Å². The third-order valence-electron chi connectivity index (χ3n) is 3.98. The highest BCUT2D eigenvalue weighted by Crippen LogP contribution is 2.20. The first-order valence-electron chi connectivity index (χ1n) is 8.39. The van der Waals surface area contributed by atoms with Crippen molar-refractivity contribution in [3.8, 4) is 0 Å². The van der Waals surface area contributed by atoms with Gasteiger partial charge in [-0.15, -0.1) is 0 Å². The summed E-state index contributed by atoms with van der Waals surface area (Å²) in [7, 11) is -3.44. The van der Waals surface area contributed by atoms with Crippen molar-refractivity contribution in [1.29, 1.82) is 0 Å². The topological polar surface area (TPSA) is 94.0 Å². The lowest BCUT2D eigenvalue weighted by molar-refractivity contribution is -0.921. The number of para-hydroxylation sites is 1. The molecule has 0 aliphatic heterocycles. The van der Waals surface area contributed by atoms with Crippen molar-refractivity contribution in [2.24, 2.45) is 0 Å². The molecule has 142 valence electrons. The fourth-order valence-corrected chi connectivity index (χ4v) is 3.67. The van der Waals surface area contributed by atoms with Crippen LogP contribution in [0.3, 0.4) is 0 Å². The van der Waals surface area contributed by atoms with Crippen molar-refractivity contribution in [3.05, 3.63) is 72.6 Å². The number of hydrogen-bond acceptors (Lipinski definition) is 5. The molecule has 3 rings (SSSR count). The Morgan fingerprint density at radius 2 is 1.56 bits per heavy atom. The summed E-state index contributed by atoms with van der Waals surface area (Å²) in [6, 6.07) is 13.6. The number of sulfone groups is 1. The van der Waals surface area contributed by atoms with E-state index in [4.69, 9.17) is 8.83 Å². The van der Waals surface area contributed by atoms with Gasteiger partial charge in [-0.1, -0.05) is 12.1 Å². The molecule has 0 unspecified atom stereocenters. The number of furan rings is 2. The van der Waals surface area contributed by atoms with E-state index in [9.17, 15) is 13.2 Å². The van der Waals surface area contributed by atoms with Gasteiger partial charge in [-0.3, -0.25) is 4.79 Å². The van der Waals surface area contributed by atoms with Gasteiger partial charge in [0.2, 0.25) is 0 Å². The van der Waals surface area contributed by atoms with Crippen LogP contribution >= 0.6 is 0 Å². The number of carbonyl (C=O) groups is 1. The summed E-state index contributed by atoms with van der Waals surface area (Å²) in [6.45, 7) is 1.11. The molecule has 2 aromatic heterocycles. The molecule has 0 aliphatic rings. The van der Waals surface area contributed by atoms with Gasteiger partial charge in [0.05, 0.1) is 23.1 Å². The minimum Gasteiger partial charge on any atom is -0.463 e. The van der Waals surface area contributed by atoms with Crippen LogP contribution in [0, 0.1) is 0 Å². The zero-order valence-electron chi connectivity index (χ0n) is 14.8. The first-order chi connectivity index (χ1) is 12.9. The van der Waals surface area contributed by atoms with E-state index in [0.29, 0.717) is 13.1 Å². The van der Waals surface area contributed by atoms with Gasteiger partial charge in [-0.05, 0) is 36.4 Å². The maximum atomic E-state index is 12.6. The van der Waals surface area contributed by atoms with Gasteiger partial charge in [0.1, 0.15) is 13.1 Å². The van der Waals surface area contributed by atoms with Gasteiger partial charge in [0.15, 0.2) is 27.9 Å². The molecular formula is C19H21N2O5S+.